The molecule has 0 aromatic heterocycles. The molecule has 0 fully saturated rings. The van der Waals surface area contributed by atoms with E-state index in [4.69, 9.17) is 33.2 Å². The summed E-state index contributed by atoms with van der Waals surface area (Å²) < 4.78 is 23.7. The fourth-order valence-electron chi connectivity index (χ4n) is 3.31. The van der Waals surface area contributed by atoms with Crippen molar-refractivity contribution in [3.05, 3.63) is 82.3 Å². The highest BCUT2D eigenvalue weighted by Gasteiger charge is 2.30. The van der Waals surface area contributed by atoms with Gasteiger partial charge in [-0.2, -0.15) is 0 Å². The number of sulfonamides is 1. The summed E-state index contributed by atoms with van der Waals surface area (Å²) in [7, 11) is -3.87. The Morgan fingerprint density at radius 2 is 1.75 bits per heavy atom. The summed E-state index contributed by atoms with van der Waals surface area (Å²) >= 11 is 12.1. The van der Waals surface area contributed by atoms with Gasteiger partial charge >= 0.3 is 0 Å². The second kappa shape index (κ2) is 8.91. The van der Waals surface area contributed by atoms with E-state index in [1.807, 2.05) is 0 Å². The lowest BCUT2D eigenvalue weighted by molar-refractivity contribution is -0.125. The van der Waals surface area contributed by atoms with E-state index >= 15 is 0 Å². The lowest BCUT2D eigenvalue weighted by atomic mass is 10.0. The molecule has 3 N–H and O–H groups in total. The quantitative estimate of drug-likeness (QED) is 0.551. The molecule has 0 radical (unpaired) electrons. The number of carbonyl (C=O) groups is 1. The Labute approximate surface area is 194 Å². The minimum absolute atomic E-state index is 0.0293. The molecule has 10 heteroatoms. The summed E-state index contributed by atoms with van der Waals surface area (Å²) in [4.78, 5) is 17.9. The summed E-state index contributed by atoms with van der Waals surface area (Å²) in [5, 5.41) is 13.0. The molecule has 0 spiro atoms. The Morgan fingerprint density at radius 1 is 1.03 bits per heavy atom. The molecule has 0 bridgehead atoms. The van der Waals surface area contributed by atoms with Crippen LogP contribution in [0.5, 0.6) is 0 Å². The van der Waals surface area contributed by atoms with Crippen LogP contribution in [0.1, 0.15) is 12.0 Å². The van der Waals surface area contributed by atoms with Gasteiger partial charge in [-0.15, -0.1) is 0 Å². The third kappa shape index (κ3) is 4.78. The minimum Gasteiger partial charge on any atom is -0.382 e. The van der Waals surface area contributed by atoms with E-state index in [1.54, 1.807) is 60.7 Å². The van der Waals surface area contributed by atoms with E-state index in [0.29, 0.717) is 38.1 Å². The van der Waals surface area contributed by atoms with Crippen LogP contribution in [0.4, 0.5) is 5.69 Å². The van der Waals surface area contributed by atoms with Gasteiger partial charge in [0.1, 0.15) is 0 Å². The topological polar surface area (TPSA) is 111 Å². The molecule has 1 amide bonds. The van der Waals surface area contributed by atoms with Crippen LogP contribution in [0.3, 0.4) is 0 Å². The lowest BCUT2D eigenvalue weighted by Crippen LogP contribution is -2.28. The maximum Gasteiger partial charge on any atom is 0.268 e. The molecule has 1 unspecified atom stereocenters. The molecule has 0 saturated carbocycles. The van der Waals surface area contributed by atoms with Gasteiger partial charge in [-0.05, 0) is 35.9 Å². The molecule has 3 aromatic rings. The van der Waals surface area contributed by atoms with E-state index in [0.717, 1.165) is 0 Å². The number of benzene rings is 3. The fourth-order valence-corrected chi connectivity index (χ4v) is 4.59. The number of nitrogens with zero attached hydrogens (tertiary/aromatic N) is 1. The SMILES string of the molecule is NS(=O)(=O)c1ccccc1-c1ccc(NC(=O)C2CC(c3ccc(Cl)cc3Cl)=NO2)cc1. The Balaban J connectivity index is 1.45. The van der Waals surface area contributed by atoms with Crippen molar-refractivity contribution in [2.75, 3.05) is 5.32 Å². The standard InChI is InChI=1S/C22H17Cl2N3O4S/c23-14-7-10-17(18(24)11-14)19-12-20(31-27-19)22(28)26-15-8-5-13(6-9-15)16-3-1-2-4-21(16)32(25,29)30/h1-11,20H,12H2,(H,26,28)(H2,25,29,30). The molecule has 1 heterocycles. The summed E-state index contributed by atoms with van der Waals surface area (Å²) in [6.45, 7) is 0. The molecule has 164 valence electrons. The Hall–Kier alpha value is -2.91. The van der Waals surface area contributed by atoms with E-state index < -0.39 is 16.1 Å². The van der Waals surface area contributed by atoms with Crippen LogP contribution >= 0.6 is 23.2 Å². The predicted molar refractivity (Wildman–Crippen MR) is 124 cm³/mol. The maximum absolute atomic E-state index is 12.6. The van der Waals surface area contributed by atoms with Gasteiger partial charge in [-0.3, -0.25) is 4.79 Å². The number of nitrogens with one attached hydrogen (secondary N) is 1. The van der Waals surface area contributed by atoms with E-state index in [2.05, 4.69) is 10.5 Å². The average molecular weight is 490 g/mol. The minimum atomic E-state index is -3.87. The second-order valence-electron chi connectivity index (χ2n) is 7.07. The van der Waals surface area contributed by atoms with Crippen molar-refractivity contribution in [2.45, 2.75) is 17.4 Å². The normalized spacial score (nSPS) is 15.7. The monoisotopic (exact) mass is 489 g/mol. The molecule has 7 nitrogen and oxygen atoms in total. The number of hydrogen-bond donors (Lipinski definition) is 2. The molecule has 1 aliphatic rings. The van der Waals surface area contributed by atoms with Gasteiger partial charge in [0.2, 0.25) is 16.1 Å². The van der Waals surface area contributed by atoms with Crippen molar-refractivity contribution in [2.24, 2.45) is 10.3 Å². The maximum atomic E-state index is 12.6. The Morgan fingerprint density at radius 3 is 2.44 bits per heavy atom. The zero-order chi connectivity index (χ0) is 22.9. The zero-order valence-electron chi connectivity index (χ0n) is 16.5. The molecule has 1 atom stereocenters. The first kappa shape index (κ1) is 22.3. The first-order valence-electron chi connectivity index (χ1n) is 9.43. The van der Waals surface area contributed by atoms with Crippen molar-refractivity contribution in [1.82, 2.24) is 0 Å². The number of nitrogens with two attached hydrogens (primary N) is 1. The van der Waals surface area contributed by atoms with Crippen LogP contribution in [-0.4, -0.2) is 26.1 Å². The predicted octanol–water partition coefficient (Wildman–Crippen LogP) is 4.44. The number of carbonyl (C=O) groups excluding carboxylic acids is 1. The van der Waals surface area contributed by atoms with Crippen LogP contribution in [0, 0.1) is 0 Å². The number of hydrogen-bond acceptors (Lipinski definition) is 5. The van der Waals surface area contributed by atoms with Gasteiger partial charge < -0.3 is 10.2 Å². The van der Waals surface area contributed by atoms with Gasteiger partial charge in [-0.25, -0.2) is 13.6 Å². The largest absolute Gasteiger partial charge is 0.382 e. The van der Waals surface area contributed by atoms with Crippen molar-refractivity contribution in [3.8, 4) is 11.1 Å². The van der Waals surface area contributed by atoms with Gasteiger partial charge in [-0.1, -0.05) is 64.8 Å². The van der Waals surface area contributed by atoms with Crippen molar-refractivity contribution in [3.63, 3.8) is 0 Å². The number of anilines is 1. The molecule has 0 aliphatic carbocycles. The van der Waals surface area contributed by atoms with Gasteiger partial charge in [0.15, 0.2) is 0 Å². The highest BCUT2D eigenvalue weighted by atomic mass is 35.5. The molecule has 1 aliphatic heterocycles. The molecular formula is C22H17Cl2N3O4S. The third-order valence-corrected chi connectivity index (χ3v) is 6.38. The highest BCUT2D eigenvalue weighted by Crippen LogP contribution is 2.29. The lowest BCUT2D eigenvalue weighted by Gasteiger charge is -2.11. The van der Waals surface area contributed by atoms with Gasteiger partial charge in [0.05, 0.1) is 15.6 Å². The second-order valence-corrected chi connectivity index (χ2v) is 9.44. The van der Waals surface area contributed by atoms with Crippen LogP contribution in [-0.2, 0) is 19.7 Å². The summed E-state index contributed by atoms with van der Waals surface area (Å²) in [6.07, 6.45) is -0.549. The van der Waals surface area contributed by atoms with Crippen LogP contribution < -0.4 is 10.5 Å². The summed E-state index contributed by atoms with van der Waals surface area (Å²) in [5.74, 6) is -0.369. The van der Waals surface area contributed by atoms with E-state index in [-0.39, 0.29) is 17.2 Å². The van der Waals surface area contributed by atoms with Crippen LogP contribution in [0.25, 0.3) is 11.1 Å². The number of rotatable bonds is 5. The highest BCUT2D eigenvalue weighted by molar-refractivity contribution is 7.89. The average Bonchev–Trinajstić information content (AvgIpc) is 3.24. The number of amides is 1. The molecular weight excluding hydrogens is 473 g/mol. The zero-order valence-corrected chi connectivity index (χ0v) is 18.8. The van der Waals surface area contributed by atoms with Crippen molar-refractivity contribution < 1.29 is 18.0 Å². The Kier molecular flexibility index (Phi) is 6.21. The summed E-state index contributed by atoms with van der Waals surface area (Å²) in [6, 6.07) is 18.2. The number of oxime groups is 1. The fraction of sp³-hybridized carbons (Fsp3) is 0.0909. The Bertz CT molecular complexity index is 1330. The molecule has 32 heavy (non-hydrogen) atoms. The number of primary sulfonamides is 1. The smallest absolute Gasteiger partial charge is 0.268 e. The van der Waals surface area contributed by atoms with E-state index in [9.17, 15) is 13.2 Å². The van der Waals surface area contributed by atoms with Crippen LogP contribution in [0.15, 0.2) is 76.8 Å². The number of halogens is 2. The first-order valence-corrected chi connectivity index (χ1v) is 11.7. The van der Waals surface area contributed by atoms with Gasteiger partial charge in [0, 0.05) is 28.3 Å². The summed E-state index contributed by atoms with van der Waals surface area (Å²) in [5.41, 5.74) is 2.86. The van der Waals surface area contributed by atoms with Crippen molar-refractivity contribution >= 4 is 50.5 Å². The first-order chi connectivity index (χ1) is 15.2. The third-order valence-electron chi connectivity index (χ3n) is 4.86. The molecule has 4 rings (SSSR count). The van der Waals surface area contributed by atoms with Gasteiger partial charge in [0.25, 0.3) is 5.91 Å². The van der Waals surface area contributed by atoms with Crippen molar-refractivity contribution in [1.29, 1.82) is 0 Å². The van der Waals surface area contributed by atoms with E-state index in [1.165, 1.54) is 6.07 Å². The van der Waals surface area contributed by atoms with Crippen LogP contribution in [0.2, 0.25) is 10.0 Å². The molecule has 3 aromatic carbocycles. The molecule has 0 saturated heterocycles.